The van der Waals surface area contributed by atoms with E-state index in [-0.39, 0.29) is 11.6 Å². The van der Waals surface area contributed by atoms with Gasteiger partial charge in [-0.15, -0.1) is 0 Å². The standard InChI is InChI=1S/C14H16FN3O2/c1-10(19)6-7-16-14(20)11-8-17-18(9-11)13-5-3-2-4-12(13)15/h2-5,8-10,19H,6-7H2,1H3,(H,16,20). The smallest absolute Gasteiger partial charge is 0.254 e. The monoisotopic (exact) mass is 277 g/mol. The van der Waals surface area contributed by atoms with Crippen molar-refractivity contribution in [3.05, 3.63) is 48.0 Å². The molecule has 2 N–H and O–H groups in total. The van der Waals surface area contributed by atoms with E-state index in [2.05, 4.69) is 10.4 Å². The molecule has 1 heterocycles. The molecule has 0 aliphatic heterocycles. The summed E-state index contributed by atoms with van der Waals surface area (Å²) in [5.74, 6) is -0.704. The van der Waals surface area contributed by atoms with Gasteiger partial charge in [-0.1, -0.05) is 12.1 Å². The minimum absolute atomic E-state index is 0.288. The molecule has 2 aromatic rings. The number of hydrogen-bond donors (Lipinski definition) is 2. The Morgan fingerprint density at radius 2 is 2.25 bits per heavy atom. The number of amides is 1. The summed E-state index contributed by atoms with van der Waals surface area (Å²) >= 11 is 0. The molecule has 0 saturated carbocycles. The van der Waals surface area contributed by atoms with Crippen LogP contribution in [-0.2, 0) is 0 Å². The highest BCUT2D eigenvalue weighted by atomic mass is 19.1. The summed E-state index contributed by atoms with van der Waals surface area (Å²) in [5.41, 5.74) is 0.634. The molecular weight excluding hydrogens is 261 g/mol. The third kappa shape index (κ3) is 3.42. The van der Waals surface area contributed by atoms with Crippen molar-refractivity contribution in [2.24, 2.45) is 0 Å². The first-order valence-corrected chi connectivity index (χ1v) is 6.34. The summed E-state index contributed by atoms with van der Waals surface area (Å²) in [4.78, 5) is 11.8. The average Bonchev–Trinajstić information content (AvgIpc) is 2.88. The van der Waals surface area contributed by atoms with Crippen LogP contribution >= 0.6 is 0 Å². The van der Waals surface area contributed by atoms with Crippen LogP contribution in [0.2, 0.25) is 0 Å². The minimum Gasteiger partial charge on any atom is -0.393 e. The normalized spacial score (nSPS) is 12.2. The van der Waals surface area contributed by atoms with E-state index in [4.69, 9.17) is 5.11 Å². The predicted octanol–water partition coefficient (Wildman–Crippen LogP) is 1.51. The minimum atomic E-state index is -0.462. The molecule has 0 fully saturated rings. The van der Waals surface area contributed by atoms with Gasteiger partial charge in [0.15, 0.2) is 0 Å². The summed E-state index contributed by atoms with van der Waals surface area (Å²) in [6.07, 6.45) is 2.87. The van der Waals surface area contributed by atoms with Crippen molar-refractivity contribution in [2.45, 2.75) is 19.4 Å². The van der Waals surface area contributed by atoms with Crippen LogP contribution in [0.4, 0.5) is 4.39 Å². The fourth-order valence-corrected chi connectivity index (χ4v) is 1.71. The molecular formula is C14H16FN3O2. The van der Waals surface area contributed by atoms with Gasteiger partial charge in [-0.05, 0) is 25.5 Å². The Balaban J connectivity index is 2.06. The fraction of sp³-hybridized carbons (Fsp3) is 0.286. The van der Waals surface area contributed by atoms with Gasteiger partial charge < -0.3 is 10.4 Å². The number of halogens is 1. The number of benzene rings is 1. The molecule has 2 rings (SSSR count). The van der Waals surface area contributed by atoms with Crippen LogP contribution in [0.3, 0.4) is 0 Å². The third-order valence-electron chi connectivity index (χ3n) is 2.79. The van der Waals surface area contributed by atoms with Gasteiger partial charge in [-0.2, -0.15) is 5.10 Å². The van der Waals surface area contributed by atoms with Gasteiger partial charge in [0, 0.05) is 12.7 Å². The number of para-hydroxylation sites is 1. The van der Waals surface area contributed by atoms with E-state index < -0.39 is 11.9 Å². The van der Waals surface area contributed by atoms with E-state index in [9.17, 15) is 9.18 Å². The first-order chi connectivity index (χ1) is 9.58. The zero-order valence-electron chi connectivity index (χ0n) is 11.1. The van der Waals surface area contributed by atoms with Gasteiger partial charge in [-0.3, -0.25) is 4.79 Å². The van der Waals surface area contributed by atoms with E-state index in [1.807, 2.05) is 0 Å². The molecule has 6 heteroatoms. The Kier molecular flexibility index (Phi) is 4.47. The summed E-state index contributed by atoms with van der Waals surface area (Å²) in [7, 11) is 0. The molecule has 5 nitrogen and oxygen atoms in total. The van der Waals surface area contributed by atoms with Gasteiger partial charge in [0.05, 0.1) is 17.9 Å². The number of hydrogen-bond acceptors (Lipinski definition) is 3. The second-order valence-corrected chi connectivity index (χ2v) is 4.52. The highest BCUT2D eigenvalue weighted by Crippen LogP contribution is 2.12. The number of nitrogens with one attached hydrogen (secondary N) is 1. The van der Waals surface area contributed by atoms with Crippen LogP contribution in [0.25, 0.3) is 5.69 Å². The molecule has 1 aromatic carbocycles. The molecule has 0 bridgehead atoms. The maximum atomic E-state index is 13.6. The molecule has 0 aliphatic carbocycles. The first kappa shape index (κ1) is 14.2. The quantitative estimate of drug-likeness (QED) is 0.870. The summed E-state index contributed by atoms with van der Waals surface area (Å²) in [6, 6.07) is 6.20. The van der Waals surface area contributed by atoms with E-state index in [1.165, 1.54) is 23.1 Å². The largest absolute Gasteiger partial charge is 0.393 e. The Morgan fingerprint density at radius 3 is 2.95 bits per heavy atom. The second-order valence-electron chi connectivity index (χ2n) is 4.52. The number of aromatic nitrogens is 2. The van der Waals surface area contributed by atoms with Crippen molar-refractivity contribution in [1.82, 2.24) is 15.1 Å². The highest BCUT2D eigenvalue weighted by molar-refractivity contribution is 5.93. The van der Waals surface area contributed by atoms with Gasteiger partial charge in [0.25, 0.3) is 5.91 Å². The first-order valence-electron chi connectivity index (χ1n) is 6.34. The number of carbonyl (C=O) groups is 1. The fourth-order valence-electron chi connectivity index (χ4n) is 1.71. The van der Waals surface area contributed by atoms with Crippen molar-refractivity contribution in [3.63, 3.8) is 0 Å². The van der Waals surface area contributed by atoms with Crippen LogP contribution in [0, 0.1) is 5.82 Å². The van der Waals surface area contributed by atoms with Gasteiger partial charge in [-0.25, -0.2) is 9.07 Å². The zero-order valence-corrected chi connectivity index (χ0v) is 11.1. The molecule has 0 aliphatic rings. The van der Waals surface area contributed by atoms with Crippen molar-refractivity contribution >= 4 is 5.91 Å². The van der Waals surface area contributed by atoms with Gasteiger partial charge in [0.2, 0.25) is 0 Å². The lowest BCUT2D eigenvalue weighted by molar-refractivity contribution is 0.0945. The number of nitrogens with zero attached hydrogens (tertiary/aromatic N) is 2. The van der Waals surface area contributed by atoms with Crippen LogP contribution in [0.15, 0.2) is 36.7 Å². The molecule has 20 heavy (non-hydrogen) atoms. The third-order valence-corrected chi connectivity index (χ3v) is 2.79. The van der Waals surface area contributed by atoms with Crippen molar-refractivity contribution in [1.29, 1.82) is 0 Å². The molecule has 1 amide bonds. The molecule has 1 atom stereocenters. The summed E-state index contributed by atoms with van der Waals surface area (Å²) in [6.45, 7) is 2.03. The molecule has 1 aromatic heterocycles. The van der Waals surface area contributed by atoms with Crippen LogP contribution in [0.1, 0.15) is 23.7 Å². The zero-order chi connectivity index (χ0) is 14.5. The lowest BCUT2D eigenvalue weighted by Gasteiger charge is -2.05. The molecule has 0 spiro atoms. The number of carbonyl (C=O) groups excluding carboxylic acids is 1. The topological polar surface area (TPSA) is 67.2 Å². The van der Waals surface area contributed by atoms with Crippen LogP contribution < -0.4 is 5.32 Å². The lowest BCUT2D eigenvalue weighted by atomic mass is 10.2. The Morgan fingerprint density at radius 1 is 1.50 bits per heavy atom. The molecule has 106 valence electrons. The maximum Gasteiger partial charge on any atom is 0.254 e. The molecule has 0 saturated heterocycles. The molecule has 0 radical (unpaired) electrons. The number of aliphatic hydroxyl groups is 1. The second kappa shape index (κ2) is 6.29. The summed E-state index contributed by atoms with van der Waals surface area (Å²) < 4.78 is 14.9. The Hall–Kier alpha value is -2.21. The lowest BCUT2D eigenvalue weighted by Crippen LogP contribution is -2.26. The maximum absolute atomic E-state index is 13.6. The number of aliphatic hydroxyl groups excluding tert-OH is 1. The van der Waals surface area contributed by atoms with E-state index >= 15 is 0 Å². The van der Waals surface area contributed by atoms with Crippen LogP contribution in [0.5, 0.6) is 0 Å². The van der Waals surface area contributed by atoms with Gasteiger partial charge in [0.1, 0.15) is 11.5 Å². The predicted molar refractivity (Wildman–Crippen MR) is 72.2 cm³/mol. The Labute approximate surface area is 116 Å². The van der Waals surface area contributed by atoms with Gasteiger partial charge >= 0.3 is 0 Å². The van der Waals surface area contributed by atoms with E-state index in [0.717, 1.165) is 0 Å². The van der Waals surface area contributed by atoms with Crippen LogP contribution in [-0.4, -0.2) is 33.4 Å². The van der Waals surface area contributed by atoms with E-state index in [1.54, 1.807) is 25.1 Å². The van der Waals surface area contributed by atoms with E-state index in [0.29, 0.717) is 18.5 Å². The van der Waals surface area contributed by atoms with Crippen molar-refractivity contribution < 1.29 is 14.3 Å². The van der Waals surface area contributed by atoms with Crippen molar-refractivity contribution in [2.75, 3.05) is 6.54 Å². The highest BCUT2D eigenvalue weighted by Gasteiger charge is 2.11. The number of rotatable bonds is 5. The SMILES string of the molecule is CC(O)CCNC(=O)c1cnn(-c2ccccc2F)c1. The van der Waals surface area contributed by atoms with Crippen molar-refractivity contribution in [3.8, 4) is 5.69 Å². The Bertz CT molecular complexity index is 596. The summed E-state index contributed by atoms with van der Waals surface area (Å²) in [5, 5.41) is 15.8. The average molecular weight is 277 g/mol. The molecule has 1 unspecified atom stereocenters.